The third-order valence-corrected chi connectivity index (χ3v) is 6.61. The van der Waals surface area contributed by atoms with Gasteiger partial charge in [0.15, 0.2) is 0 Å². The molecule has 0 saturated heterocycles. The quantitative estimate of drug-likeness (QED) is 0.202. The Hall–Kier alpha value is -4.52. The van der Waals surface area contributed by atoms with E-state index in [4.69, 9.17) is 10.5 Å². The zero-order chi connectivity index (χ0) is 27.9. The van der Waals surface area contributed by atoms with Crippen molar-refractivity contribution in [2.24, 2.45) is 10.7 Å². The van der Waals surface area contributed by atoms with Crippen LogP contribution < -0.4 is 5.73 Å². The fourth-order valence-corrected chi connectivity index (χ4v) is 4.49. The van der Waals surface area contributed by atoms with E-state index in [1.54, 1.807) is 20.9 Å². The number of nitrogens with two attached hydrogens (primary N) is 1. The van der Waals surface area contributed by atoms with Crippen LogP contribution in [0.25, 0.3) is 21.5 Å². The van der Waals surface area contributed by atoms with Gasteiger partial charge in [0.25, 0.3) is 5.91 Å². The van der Waals surface area contributed by atoms with Crippen molar-refractivity contribution in [3.8, 4) is 0 Å². The molecule has 0 aliphatic rings. The van der Waals surface area contributed by atoms with Crippen LogP contribution in [0.2, 0.25) is 0 Å². The van der Waals surface area contributed by atoms with Gasteiger partial charge < -0.3 is 15.4 Å². The van der Waals surface area contributed by atoms with Crippen LogP contribution >= 0.6 is 0 Å². The van der Waals surface area contributed by atoms with Crippen LogP contribution in [0.5, 0.6) is 0 Å². The first-order valence-corrected chi connectivity index (χ1v) is 13.0. The number of carbonyl (C=O) groups excluding carboxylic acids is 3. The number of likely N-dealkylation sites (N-methyl/N-ethyl adjacent to an activating group) is 1. The summed E-state index contributed by atoms with van der Waals surface area (Å²) in [5.41, 5.74) is 7.67. The lowest BCUT2D eigenvalue weighted by molar-refractivity contribution is -0.139. The van der Waals surface area contributed by atoms with Crippen molar-refractivity contribution in [3.63, 3.8) is 0 Å². The Morgan fingerprint density at radius 2 is 1.36 bits per heavy atom. The Labute approximate surface area is 228 Å². The van der Waals surface area contributed by atoms with Gasteiger partial charge in [-0.05, 0) is 52.9 Å². The monoisotopic (exact) mass is 523 g/mol. The molecular formula is C32H33N3O4. The fourth-order valence-electron chi connectivity index (χ4n) is 4.49. The summed E-state index contributed by atoms with van der Waals surface area (Å²) in [5.74, 6) is -2.29. The molecule has 4 aromatic carbocycles. The third-order valence-electron chi connectivity index (χ3n) is 6.61. The lowest BCUT2D eigenvalue weighted by atomic mass is 9.99. The number of aryl methyl sites for hydroxylation is 1. The molecule has 200 valence electrons. The van der Waals surface area contributed by atoms with Crippen molar-refractivity contribution >= 4 is 45.2 Å². The van der Waals surface area contributed by atoms with Gasteiger partial charge in [-0.2, -0.15) is 4.99 Å². The first-order chi connectivity index (χ1) is 18.7. The maximum atomic E-state index is 13.3. The summed E-state index contributed by atoms with van der Waals surface area (Å²) in [6, 6.07) is 27.0. The zero-order valence-corrected chi connectivity index (χ0v) is 22.5. The van der Waals surface area contributed by atoms with Crippen LogP contribution in [-0.2, 0) is 32.0 Å². The number of hydrogen-bond acceptors (Lipinski definition) is 4. The lowest BCUT2D eigenvalue weighted by Crippen LogP contribution is -2.44. The highest BCUT2D eigenvalue weighted by Gasteiger charge is 2.28. The van der Waals surface area contributed by atoms with E-state index >= 15 is 0 Å². The molecule has 0 radical (unpaired) electrons. The number of esters is 1. The highest BCUT2D eigenvalue weighted by molar-refractivity contribution is 6.36. The lowest BCUT2D eigenvalue weighted by Gasteiger charge is -2.26. The number of carbonyl (C=O) groups is 3. The summed E-state index contributed by atoms with van der Waals surface area (Å²) < 4.78 is 5.06. The average molecular weight is 524 g/mol. The molecule has 7 nitrogen and oxygen atoms in total. The van der Waals surface area contributed by atoms with Gasteiger partial charge in [0.2, 0.25) is 11.7 Å². The molecule has 0 aliphatic heterocycles. The predicted octanol–water partition coefficient (Wildman–Crippen LogP) is 4.83. The molecule has 2 N–H and O–H groups in total. The molecule has 0 saturated carbocycles. The van der Waals surface area contributed by atoms with Crippen molar-refractivity contribution in [2.75, 3.05) is 7.05 Å². The van der Waals surface area contributed by atoms with E-state index in [9.17, 15) is 14.4 Å². The SMILES string of the molecule is CC(C)OC(=O)C(N)=NC(=O)C(Cc1ccc2ccccc2c1)N(C)C(=O)CCc1ccc2ccccc2c1. The number of nitrogens with zero attached hydrogens (tertiary/aromatic N) is 2. The largest absolute Gasteiger partial charge is 0.457 e. The second-order valence-electron chi connectivity index (χ2n) is 9.88. The normalized spacial score (nSPS) is 12.5. The van der Waals surface area contributed by atoms with E-state index in [0.717, 1.165) is 32.7 Å². The van der Waals surface area contributed by atoms with Crippen LogP contribution in [0, 0.1) is 0 Å². The molecule has 0 aliphatic carbocycles. The summed E-state index contributed by atoms with van der Waals surface area (Å²) in [7, 11) is 1.59. The van der Waals surface area contributed by atoms with Crippen LogP contribution in [0.15, 0.2) is 89.9 Å². The second-order valence-corrected chi connectivity index (χ2v) is 9.88. The van der Waals surface area contributed by atoms with Crippen molar-refractivity contribution in [3.05, 3.63) is 96.1 Å². The first-order valence-electron chi connectivity index (χ1n) is 13.0. The van der Waals surface area contributed by atoms with Gasteiger partial charge in [-0.1, -0.05) is 84.9 Å². The van der Waals surface area contributed by atoms with Crippen LogP contribution in [-0.4, -0.2) is 47.7 Å². The molecule has 0 aromatic heterocycles. The molecule has 39 heavy (non-hydrogen) atoms. The van der Waals surface area contributed by atoms with E-state index in [1.165, 1.54) is 4.90 Å². The van der Waals surface area contributed by atoms with Gasteiger partial charge in [0, 0.05) is 19.9 Å². The molecule has 0 fully saturated rings. The molecule has 4 rings (SSSR count). The van der Waals surface area contributed by atoms with Crippen LogP contribution in [0.3, 0.4) is 0 Å². The van der Waals surface area contributed by atoms with Gasteiger partial charge in [0.1, 0.15) is 6.04 Å². The minimum absolute atomic E-state index is 0.208. The average Bonchev–Trinajstić information content (AvgIpc) is 2.93. The fraction of sp³-hybridized carbons (Fsp3) is 0.250. The maximum absolute atomic E-state index is 13.3. The molecule has 4 aromatic rings. The smallest absolute Gasteiger partial charge is 0.374 e. The van der Waals surface area contributed by atoms with Crippen molar-refractivity contribution in [1.82, 2.24) is 4.90 Å². The Morgan fingerprint density at radius 3 is 1.95 bits per heavy atom. The summed E-state index contributed by atoms with van der Waals surface area (Å²) in [6.45, 7) is 3.36. The summed E-state index contributed by atoms with van der Waals surface area (Å²) in [5, 5.41) is 4.34. The molecule has 0 heterocycles. The summed E-state index contributed by atoms with van der Waals surface area (Å²) >= 11 is 0. The number of benzene rings is 4. The number of ether oxygens (including phenoxy) is 1. The topological polar surface area (TPSA) is 102 Å². The Morgan fingerprint density at radius 1 is 0.821 bits per heavy atom. The van der Waals surface area contributed by atoms with E-state index < -0.39 is 29.9 Å². The van der Waals surface area contributed by atoms with E-state index in [0.29, 0.717) is 6.42 Å². The minimum Gasteiger partial charge on any atom is -0.457 e. The maximum Gasteiger partial charge on any atom is 0.374 e. The zero-order valence-electron chi connectivity index (χ0n) is 22.5. The van der Waals surface area contributed by atoms with Crippen molar-refractivity contribution in [1.29, 1.82) is 0 Å². The summed E-state index contributed by atoms with van der Waals surface area (Å²) in [4.78, 5) is 44.0. The molecule has 2 amide bonds. The first kappa shape index (κ1) is 27.5. The number of amidine groups is 1. The minimum atomic E-state index is -0.944. The highest BCUT2D eigenvalue weighted by atomic mass is 16.5. The van der Waals surface area contributed by atoms with E-state index in [2.05, 4.69) is 11.1 Å². The van der Waals surface area contributed by atoms with Gasteiger partial charge in [-0.25, -0.2) is 4.79 Å². The number of fused-ring (bicyclic) bond motifs is 2. The van der Waals surface area contributed by atoms with Gasteiger partial charge in [-0.3, -0.25) is 9.59 Å². The van der Waals surface area contributed by atoms with Crippen molar-refractivity contribution in [2.45, 2.75) is 45.3 Å². The number of rotatable bonds is 8. The van der Waals surface area contributed by atoms with Crippen molar-refractivity contribution < 1.29 is 19.1 Å². The molecule has 0 bridgehead atoms. The second kappa shape index (κ2) is 12.3. The predicted molar refractivity (Wildman–Crippen MR) is 154 cm³/mol. The van der Waals surface area contributed by atoms with Gasteiger partial charge in [-0.15, -0.1) is 0 Å². The molecule has 1 atom stereocenters. The molecular weight excluding hydrogens is 490 g/mol. The van der Waals surface area contributed by atoms with Crippen LogP contribution in [0.4, 0.5) is 0 Å². The Balaban J connectivity index is 1.54. The van der Waals surface area contributed by atoms with Crippen LogP contribution in [0.1, 0.15) is 31.4 Å². The van der Waals surface area contributed by atoms with Gasteiger partial charge >= 0.3 is 5.97 Å². The molecule has 0 spiro atoms. The third kappa shape index (κ3) is 7.08. The number of hydrogen-bond donors (Lipinski definition) is 1. The number of aliphatic imine (C=N–C) groups is 1. The standard InChI is InChI=1S/C32H33N3O4/c1-21(2)39-32(38)30(33)34-31(37)28(20-23-13-16-25-9-5-7-11-27(25)19-23)35(3)29(36)17-14-22-12-15-24-8-4-6-10-26(24)18-22/h4-13,15-16,18-19,21,28H,14,17,20H2,1-3H3,(H2,33,34,37). The number of amides is 2. The van der Waals surface area contributed by atoms with E-state index in [1.807, 2.05) is 78.9 Å². The molecule has 1 unspecified atom stereocenters. The van der Waals surface area contributed by atoms with Gasteiger partial charge in [0.05, 0.1) is 6.10 Å². The highest BCUT2D eigenvalue weighted by Crippen LogP contribution is 2.20. The molecule has 7 heteroatoms. The Bertz CT molecular complexity index is 1540. The van der Waals surface area contributed by atoms with E-state index in [-0.39, 0.29) is 18.7 Å². The Kier molecular flexibility index (Phi) is 8.71. The summed E-state index contributed by atoms with van der Waals surface area (Å²) in [6.07, 6.45) is 0.550.